The van der Waals surface area contributed by atoms with Gasteiger partial charge in [0.05, 0.1) is 19.7 Å². The number of rotatable bonds is 3. The number of carbonyl (C=O) groups is 1. The van der Waals surface area contributed by atoms with E-state index in [2.05, 4.69) is 15.0 Å². The van der Waals surface area contributed by atoms with E-state index in [4.69, 9.17) is 4.74 Å². The number of esters is 1. The minimum atomic E-state index is -0.164. The molecule has 0 aromatic carbocycles. The lowest BCUT2D eigenvalue weighted by Gasteiger charge is -2.36. The fourth-order valence-corrected chi connectivity index (χ4v) is 2.83. The molecule has 6 heteroatoms. The third-order valence-corrected chi connectivity index (χ3v) is 3.83. The monoisotopic (exact) mass is 274 g/mol. The number of ether oxygens (including phenoxy) is 1. The van der Waals surface area contributed by atoms with E-state index in [1.165, 1.54) is 7.11 Å². The van der Waals surface area contributed by atoms with E-state index < -0.39 is 0 Å². The first kappa shape index (κ1) is 12.9. The Kier molecular flexibility index (Phi) is 3.54. The summed E-state index contributed by atoms with van der Waals surface area (Å²) in [4.78, 5) is 18.3. The molecule has 20 heavy (non-hydrogen) atoms. The Labute approximate surface area is 117 Å². The summed E-state index contributed by atoms with van der Waals surface area (Å²) >= 11 is 0. The number of hydrogen-bond donors (Lipinski definition) is 0. The third-order valence-electron chi connectivity index (χ3n) is 3.83. The zero-order chi connectivity index (χ0) is 13.9. The van der Waals surface area contributed by atoms with E-state index in [-0.39, 0.29) is 12.0 Å². The number of carbonyl (C=O) groups excluding carboxylic acids is 1. The van der Waals surface area contributed by atoms with Gasteiger partial charge in [-0.15, -0.1) is 0 Å². The molecule has 1 aliphatic heterocycles. The molecule has 1 aliphatic rings. The van der Waals surface area contributed by atoms with Gasteiger partial charge in [-0.2, -0.15) is 5.10 Å². The van der Waals surface area contributed by atoms with Crippen LogP contribution >= 0.6 is 0 Å². The molecule has 2 aromatic rings. The molecule has 0 radical (unpaired) electrons. The summed E-state index contributed by atoms with van der Waals surface area (Å²) in [6.45, 7) is 0.916. The van der Waals surface area contributed by atoms with E-state index in [0.29, 0.717) is 6.42 Å². The van der Waals surface area contributed by atoms with Gasteiger partial charge >= 0.3 is 5.97 Å². The van der Waals surface area contributed by atoms with Crippen LogP contribution in [0.1, 0.15) is 25.7 Å². The van der Waals surface area contributed by atoms with Crippen LogP contribution in [-0.2, 0) is 9.53 Å². The highest BCUT2D eigenvalue weighted by Gasteiger charge is 2.27. The molecular formula is C14H18N4O2. The van der Waals surface area contributed by atoms with Crippen LogP contribution in [0.2, 0.25) is 0 Å². The third kappa shape index (κ3) is 2.33. The van der Waals surface area contributed by atoms with Crippen LogP contribution < -0.4 is 4.90 Å². The number of piperidine rings is 1. The molecule has 1 saturated heterocycles. The van der Waals surface area contributed by atoms with Crippen molar-refractivity contribution in [2.45, 2.75) is 31.7 Å². The Balaban J connectivity index is 1.93. The fourth-order valence-electron chi connectivity index (χ4n) is 2.83. The largest absolute Gasteiger partial charge is 0.469 e. The van der Waals surface area contributed by atoms with Crippen LogP contribution in [0.3, 0.4) is 0 Å². The number of fused-ring (bicyclic) bond motifs is 1. The van der Waals surface area contributed by atoms with Crippen molar-refractivity contribution in [3.63, 3.8) is 0 Å². The molecule has 1 atom stereocenters. The molecule has 1 fully saturated rings. The Morgan fingerprint density at radius 3 is 3.20 bits per heavy atom. The lowest BCUT2D eigenvalue weighted by Crippen LogP contribution is -2.41. The standard InChI is InChI=1S/C14H18N4O2/c1-20-13(19)10-11-4-2-3-8-17(11)14-12-5-6-16-18(12)9-7-15-14/h5-7,9,11H,2-4,8,10H2,1H3. The van der Waals surface area contributed by atoms with Crippen molar-refractivity contribution >= 4 is 17.3 Å². The Morgan fingerprint density at radius 2 is 2.35 bits per heavy atom. The molecule has 6 nitrogen and oxygen atoms in total. The molecule has 0 saturated carbocycles. The van der Waals surface area contributed by atoms with Gasteiger partial charge in [-0.25, -0.2) is 9.50 Å². The molecule has 0 aliphatic carbocycles. The van der Waals surface area contributed by atoms with Crippen molar-refractivity contribution in [1.29, 1.82) is 0 Å². The Morgan fingerprint density at radius 1 is 1.45 bits per heavy atom. The average molecular weight is 274 g/mol. The number of hydrogen-bond acceptors (Lipinski definition) is 5. The van der Waals surface area contributed by atoms with Gasteiger partial charge in [-0.3, -0.25) is 4.79 Å². The topological polar surface area (TPSA) is 59.7 Å². The van der Waals surface area contributed by atoms with Crippen LogP contribution in [0.25, 0.3) is 5.52 Å². The molecule has 1 unspecified atom stereocenters. The van der Waals surface area contributed by atoms with Crippen molar-refractivity contribution < 1.29 is 9.53 Å². The normalized spacial score (nSPS) is 19.2. The van der Waals surface area contributed by atoms with Gasteiger partial charge in [0.1, 0.15) is 5.52 Å². The number of methoxy groups -OCH3 is 1. The van der Waals surface area contributed by atoms with Crippen molar-refractivity contribution in [2.75, 3.05) is 18.6 Å². The van der Waals surface area contributed by atoms with Crippen molar-refractivity contribution in [3.05, 3.63) is 24.7 Å². The van der Waals surface area contributed by atoms with Crippen LogP contribution in [0, 0.1) is 0 Å². The second-order valence-corrected chi connectivity index (χ2v) is 5.04. The van der Waals surface area contributed by atoms with Gasteiger partial charge in [-0.05, 0) is 25.3 Å². The van der Waals surface area contributed by atoms with Crippen LogP contribution in [0.5, 0.6) is 0 Å². The molecule has 0 bridgehead atoms. The van der Waals surface area contributed by atoms with Gasteiger partial charge in [0.15, 0.2) is 5.82 Å². The van der Waals surface area contributed by atoms with E-state index in [0.717, 1.165) is 37.1 Å². The lowest BCUT2D eigenvalue weighted by molar-refractivity contribution is -0.141. The predicted molar refractivity (Wildman–Crippen MR) is 74.6 cm³/mol. The molecule has 3 rings (SSSR count). The zero-order valence-electron chi connectivity index (χ0n) is 11.5. The lowest BCUT2D eigenvalue weighted by atomic mass is 9.99. The van der Waals surface area contributed by atoms with E-state index >= 15 is 0 Å². The summed E-state index contributed by atoms with van der Waals surface area (Å²) in [5.41, 5.74) is 0.976. The highest BCUT2D eigenvalue weighted by atomic mass is 16.5. The number of anilines is 1. The molecule has 0 spiro atoms. The van der Waals surface area contributed by atoms with Gasteiger partial charge in [-0.1, -0.05) is 0 Å². The number of nitrogens with zero attached hydrogens (tertiary/aromatic N) is 4. The summed E-state index contributed by atoms with van der Waals surface area (Å²) in [5, 5.41) is 4.23. The average Bonchev–Trinajstić information content (AvgIpc) is 2.96. The summed E-state index contributed by atoms with van der Waals surface area (Å²) in [6, 6.07) is 2.11. The molecular weight excluding hydrogens is 256 g/mol. The minimum Gasteiger partial charge on any atom is -0.469 e. The number of aromatic nitrogens is 3. The van der Waals surface area contributed by atoms with E-state index in [1.807, 2.05) is 16.8 Å². The molecule has 0 amide bonds. The first-order valence-electron chi connectivity index (χ1n) is 6.91. The molecule has 3 heterocycles. The summed E-state index contributed by atoms with van der Waals surface area (Å²) in [7, 11) is 1.44. The zero-order valence-corrected chi connectivity index (χ0v) is 11.5. The molecule has 0 N–H and O–H groups in total. The minimum absolute atomic E-state index is 0.157. The smallest absolute Gasteiger partial charge is 0.307 e. The quantitative estimate of drug-likeness (QED) is 0.796. The highest BCUT2D eigenvalue weighted by molar-refractivity contribution is 5.73. The molecule has 2 aromatic heterocycles. The van der Waals surface area contributed by atoms with Gasteiger partial charge in [0, 0.05) is 25.0 Å². The summed E-state index contributed by atoms with van der Waals surface area (Å²) < 4.78 is 6.62. The maximum absolute atomic E-state index is 11.6. The fraction of sp³-hybridized carbons (Fsp3) is 0.500. The van der Waals surface area contributed by atoms with Crippen LogP contribution in [0.15, 0.2) is 24.7 Å². The highest BCUT2D eigenvalue weighted by Crippen LogP contribution is 2.28. The maximum atomic E-state index is 11.6. The van der Waals surface area contributed by atoms with E-state index in [9.17, 15) is 4.79 Å². The Bertz CT molecular complexity index is 610. The SMILES string of the molecule is COC(=O)CC1CCCCN1c1nccn2nccc12. The van der Waals surface area contributed by atoms with E-state index in [1.54, 1.807) is 12.4 Å². The van der Waals surface area contributed by atoms with Gasteiger partial charge < -0.3 is 9.64 Å². The van der Waals surface area contributed by atoms with Crippen LogP contribution in [-0.4, -0.2) is 40.3 Å². The Hall–Kier alpha value is -2.11. The predicted octanol–water partition coefficient (Wildman–Crippen LogP) is 1.65. The maximum Gasteiger partial charge on any atom is 0.307 e. The first-order valence-corrected chi connectivity index (χ1v) is 6.91. The summed E-state index contributed by atoms with van der Waals surface area (Å²) in [5.74, 6) is 0.737. The van der Waals surface area contributed by atoms with Crippen molar-refractivity contribution in [1.82, 2.24) is 14.6 Å². The van der Waals surface area contributed by atoms with Crippen molar-refractivity contribution in [3.8, 4) is 0 Å². The van der Waals surface area contributed by atoms with Gasteiger partial charge in [0.25, 0.3) is 0 Å². The van der Waals surface area contributed by atoms with Crippen LogP contribution in [0.4, 0.5) is 5.82 Å². The van der Waals surface area contributed by atoms with Gasteiger partial charge in [0.2, 0.25) is 0 Å². The first-order chi connectivity index (χ1) is 9.79. The summed E-state index contributed by atoms with van der Waals surface area (Å²) in [6.07, 6.45) is 9.01. The van der Waals surface area contributed by atoms with Crippen molar-refractivity contribution in [2.24, 2.45) is 0 Å². The second-order valence-electron chi connectivity index (χ2n) is 5.04. The second kappa shape index (κ2) is 5.48. The molecule has 106 valence electrons.